The number of nitrogens with one attached hydrogen (secondary N) is 2. The second kappa shape index (κ2) is 6.41. The zero-order chi connectivity index (χ0) is 16.7. The monoisotopic (exact) mass is 346 g/mol. The van der Waals surface area contributed by atoms with Gasteiger partial charge in [-0.05, 0) is 68.2 Å². The lowest BCUT2D eigenvalue weighted by Gasteiger charge is -2.16. The van der Waals surface area contributed by atoms with Gasteiger partial charge in [0.1, 0.15) is 6.10 Å². The van der Waals surface area contributed by atoms with Crippen LogP contribution in [-0.4, -0.2) is 29.6 Å². The lowest BCUT2D eigenvalue weighted by molar-refractivity contribution is -0.130. The number of carbonyl (C=O) groups excluding carboxylic acids is 1. The molecular formula is C19H23ClN2O2. The van der Waals surface area contributed by atoms with Crippen LogP contribution in [0, 0.1) is 6.92 Å². The van der Waals surface area contributed by atoms with Crippen molar-refractivity contribution in [2.45, 2.75) is 57.1 Å². The molecule has 2 aliphatic rings. The van der Waals surface area contributed by atoms with Crippen molar-refractivity contribution in [3.8, 4) is 0 Å². The standard InChI is InChI=1S/C19H23ClN2O2/c1-11-15(20)6-7-16-18(11)14(10-21-16)12-4-5-13(9-12)22-19(23)17-3-2-8-24-17/h6-7,10,12-13,17,21H,2-5,8-9H2,1H3,(H,22,23)/t12-,13+,17+/m1/s1. The molecule has 1 saturated carbocycles. The molecule has 0 unspecified atom stereocenters. The van der Waals surface area contributed by atoms with Crippen molar-refractivity contribution in [1.82, 2.24) is 10.3 Å². The Balaban J connectivity index is 1.49. The predicted octanol–water partition coefficient (Wildman–Crippen LogP) is 4.06. The molecule has 1 aliphatic carbocycles. The number of ether oxygens (including phenoxy) is 1. The van der Waals surface area contributed by atoms with E-state index in [1.54, 1.807) is 0 Å². The van der Waals surface area contributed by atoms with Crippen molar-refractivity contribution < 1.29 is 9.53 Å². The Bertz CT molecular complexity index is 764. The van der Waals surface area contributed by atoms with Gasteiger partial charge in [-0.1, -0.05) is 11.6 Å². The number of aromatic amines is 1. The van der Waals surface area contributed by atoms with Gasteiger partial charge in [0, 0.05) is 34.8 Å². The smallest absolute Gasteiger partial charge is 0.249 e. The molecule has 128 valence electrons. The molecule has 3 atom stereocenters. The number of aryl methyl sites for hydroxylation is 1. The molecule has 1 saturated heterocycles. The minimum atomic E-state index is -0.238. The topological polar surface area (TPSA) is 54.1 Å². The number of carbonyl (C=O) groups is 1. The molecule has 2 aromatic rings. The Hall–Kier alpha value is -1.52. The Labute approximate surface area is 146 Å². The van der Waals surface area contributed by atoms with Gasteiger partial charge in [-0.15, -0.1) is 0 Å². The quantitative estimate of drug-likeness (QED) is 0.880. The predicted molar refractivity (Wildman–Crippen MR) is 95.5 cm³/mol. The van der Waals surface area contributed by atoms with Crippen LogP contribution in [0.1, 0.15) is 49.1 Å². The summed E-state index contributed by atoms with van der Waals surface area (Å²) in [6.07, 6.45) is 6.81. The van der Waals surface area contributed by atoms with E-state index in [4.69, 9.17) is 16.3 Å². The van der Waals surface area contributed by atoms with E-state index in [1.807, 2.05) is 12.1 Å². The Morgan fingerprint density at radius 2 is 2.21 bits per heavy atom. The fraction of sp³-hybridized carbons (Fsp3) is 0.526. The van der Waals surface area contributed by atoms with Crippen molar-refractivity contribution >= 4 is 28.4 Å². The summed E-state index contributed by atoms with van der Waals surface area (Å²) in [6, 6.07) is 4.23. The van der Waals surface area contributed by atoms with Crippen LogP contribution in [-0.2, 0) is 9.53 Å². The van der Waals surface area contributed by atoms with E-state index in [2.05, 4.69) is 23.4 Å². The number of rotatable bonds is 3. The second-order valence-corrected chi connectivity index (χ2v) is 7.46. The number of hydrogen-bond acceptors (Lipinski definition) is 2. The van der Waals surface area contributed by atoms with Gasteiger partial charge in [-0.25, -0.2) is 0 Å². The van der Waals surface area contributed by atoms with E-state index in [0.29, 0.717) is 12.5 Å². The highest BCUT2D eigenvalue weighted by Crippen LogP contribution is 2.40. The molecule has 4 rings (SSSR count). The van der Waals surface area contributed by atoms with Crippen LogP contribution >= 0.6 is 11.6 Å². The van der Waals surface area contributed by atoms with Crippen molar-refractivity contribution in [3.05, 3.63) is 34.5 Å². The molecule has 1 amide bonds. The Morgan fingerprint density at radius 3 is 3.00 bits per heavy atom. The van der Waals surface area contributed by atoms with Crippen LogP contribution in [0.2, 0.25) is 5.02 Å². The number of hydrogen-bond donors (Lipinski definition) is 2. The number of halogens is 1. The van der Waals surface area contributed by atoms with E-state index in [1.165, 1.54) is 10.9 Å². The lowest BCUT2D eigenvalue weighted by Crippen LogP contribution is -2.40. The van der Waals surface area contributed by atoms with Gasteiger partial charge in [0.2, 0.25) is 5.91 Å². The zero-order valence-corrected chi connectivity index (χ0v) is 14.7. The highest BCUT2D eigenvalue weighted by atomic mass is 35.5. The SMILES string of the molecule is Cc1c(Cl)ccc2[nH]cc([C@@H]3CC[C@H](NC(=O)[C@@H]4CCCO4)C3)c12. The van der Waals surface area contributed by atoms with Crippen molar-refractivity contribution in [3.63, 3.8) is 0 Å². The first-order chi connectivity index (χ1) is 11.6. The first-order valence-electron chi connectivity index (χ1n) is 8.81. The molecule has 1 aromatic heterocycles. The molecule has 0 bridgehead atoms. The highest BCUT2D eigenvalue weighted by molar-refractivity contribution is 6.32. The maximum Gasteiger partial charge on any atom is 0.249 e. The minimum Gasteiger partial charge on any atom is -0.368 e. The first-order valence-corrected chi connectivity index (χ1v) is 9.19. The van der Waals surface area contributed by atoms with Gasteiger partial charge in [-0.3, -0.25) is 4.79 Å². The van der Waals surface area contributed by atoms with Crippen LogP contribution < -0.4 is 5.32 Å². The van der Waals surface area contributed by atoms with Gasteiger partial charge in [0.25, 0.3) is 0 Å². The van der Waals surface area contributed by atoms with Crippen LogP contribution in [0.4, 0.5) is 0 Å². The van der Waals surface area contributed by atoms with E-state index in [9.17, 15) is 4.79 Å². The minimum absolute atomic E-state index is 0.0660. The Kier molecular flexibility index (Phi) is 4.27. The molecule has 4 nitrogen and oxygen atoms in total. The third-order valence-corrected chi connectivity index (χ3v) is 5.92. The molecule has 0 radical (unpaired) electrons. The summed E-state index contributed by atoms with van der Waals surface area (Å²) in [6.45, 7) is 2.79. The fourth-order valence-electron chi connectivity index (χ4n) is 4.20. The summed E-state index contributed by atoms with van der Waals surface area (Å²) in [5.74, 6) is 0.530. The molecule has 1 aromatic carbocycles. The number of aromatic nitrogens is 1. The number of fused-ring (bicyclic) bond motifs is 1. The third kappa shape index (κ3) is 2.82. The summed E-state index contributed by atoms with van der Waals surface area (Å²) in [5.41, 5.74) is 3.61. The fourth-order valence-corrected chi connectivity index (χ4v) is 4.36. The summed E-state index contributed by atoms with van der Waals surface area (Å²) in [7, 11) is 0. The van der Waals surface area contributed by atoms with Crippen LogP contribution in [0.25, 0.3) is 10.9 Å². The van der Waals surface area contributed by atoms with Crippen molar-refractivity contribution in [1.29, 1.82) is 0 Å². The van der Waals surface area contributed by atoms with Crippen molar-refractivity contribution in [2.75, 3.05) is 6.61 Å². The summed E-state index contributed by atoms with van der Waals surface area (Å²) >= 11 is 6.31. The zero-order valence-electron chi connectivity index (χ0n) is 13.9. The third-order valence-electron chi connectivity index (χ3n) is 5.51. The maximum absolute atomic E-state index is 12.2. The van der Waals surface area contributed by atoms with Gasteiger partial charge in [-0.2, -0.15) is 0 Å². The number of benzene rings is 1. The number of H-pyrrole nitrogens is 1. The normalized spacial score (nSPS) is 27.0. The molecular weight excluding hydrogens is 324 g/mol. The first kappa shape index (κ1) is 16.0. The molecule has 1 aliphatic heterocycles. The molecule has 0 spiro atoms. The second-order valence-electron chi connectivity index (χ2n) is 7.06. The van der Waals surface area contributed by atoms with Crippen LogP contribution in [0.15, 0.2) is 18.3 Å². The summed E-state index contributed by atoms with van der Waals surface area (Å²) in [4.78, 5) is 15.6. The molecule has 24 heavy (non-hydrogen) atoms. The number of amides is 1. The molecule has 2 fully saturated rings. The van der Waals surface area contributed by atoms with E-state index in [0.717, 1.165) is 48.2 Å². The van der Waals surface area contributed by atoms with Gasteiger partial charge in [0.15, 0.2) is 0 Å². The van der Waals surface area contributed by atoms with E-state index in [-0.39, 0.29) is 18.1 Å². The van der Waals surface area contributed by atoms with Crippen molar-refractivity contribution in [2.24, 2.45) is 0 Å². The molecule has 5 heteroatoms. The van der Waals surface area contributed by atoms with E-state index < -0.39 is 0 Å². The van der Waals surface area contributed by atoms with Gasteiger partial charge >= 0.3 is 0 Å². The Morgan fingerprint density at radius 1 is 1.33 bits per heavy atom. The van der Waals surface area contributed by atoms with Crippen LogP contribution in [0.3, 0.4) is 0 Å². The van der Waals surface area contributed by atoms with Gasteiger partial charge in [0.05, 0.1) is 0 Å². The maximum atomic E-state index is 12.2. The highest BCUT2D eigenvalue weighted by Gasteiger charge is 2.31. The summed E-state index contributed by atoms with van der Waals surface area (Å²) < 4.78 is 5.48. The van der Waals surface area contributed by atoms with Gasteiger partial charge < -0.3 is 15.0 Å². The lowest BCUT2D eigenvalue weighted by atomic mass is 9.95. The average Bonchev–Trinajstić information content (AvgIpc) is 3.29. The molecule has 2 N–H and O–H groups in total. The largest absolute Gasteiger partial charge is 0.368 e. The van der Waals surface area contributed by atoms with E-state index >= 15 is 0 Å². The average molecular weight is 347 g/mol. The van der Waals surface area contributed by atoms with Crippen LogP contribution in [0.5, 0.6) is 0 Å². The summed E-state index contributed by atoms with van der Waals surface area (Å²) in [5, 5.41) is 5.25. The molecule has 2 heterocycles.